The lowest BCUT2D eigenvalue weighted by atomic mass is 9.80. The Bertz CT molecular complexity index is 1340. The number of rotatable bonds is 7. The molecule has 1 unspecified atom stereocenters. The third kappa shape index (κ3) is 4.94. The Morgan fingerprint density at radius 3 is 2.61 bits per heavy atom. The number of carbonyl (C=O) groups is 2. The van der Waals surface area contributed by atoms with Gasteiger partial charge in [0.1, 0.15) is 0 Å². The summed E-state index contributed by atoms with van der Waals surface area (Å²) in [5.41, 5.74) is 3.47. The lowest BCUT2D eigenvalue weighted by Crippen LogP contribution is -2.52. The van der Waals surface area contributed by atoms with E-state index in [4.69, 9.17) is 5.26 Å². The molecule has 1 aromatic carbocycles. The van der Waals surface area contributed by atoms with E-state index in [9.17, 15) is 9.59 Å². The molecule has 2 aromatic rings. The highest BCUT2D eigenvalue weighted by Gasteiger charge is 2.36. The number of nitrogens with zero attached hydrogens (tertiary/aromatic N) is 4. The van der Waals surface area contributed by atoms with Crippen molar-refractivity contribution in [3.8, 4) is 6.07 Å². The van der Waals surface area contributed by atoms with Crippen LogP contribution in [0.2, 0.25) is 0 Å². The highest BCUT2D eigenvalue weighted by molar-refractivity contribution is 8.02. The highest BCUT2D eigenvalue weighted by atomic mass is 32.2. The first-order valence-corrected chi connectivity index (χ1v) is 14.9. The number of nitrogens with one attached hydrogen (secondary N) is 1. The van der Waals surface area contributed by atoms with Crippen LogP contribution in [0, 0.1) is 36.0 Å². The highest BCUT2D eigenvalue weighted by Crippen LogP contribution is 2.40. The van der Waals surface area contributed by atoms with Crippen LogP contribution in [0.4, 0.5) is 0 Å². The second-order valence-electron chi connectivity index (χ2n) is 11.0. The molecular formula is C30H37N5O2S. The van der Waals surface area contributed by atoms with E-state index in [0.29, 0.717) is 23.2 Å². The van der Waals surface area contributed by atoms with E-state index >= 15 is 0 Å². The van der Waals surface area contributed by atoms with Gasteiger partial charge in [-0.05, 0) is 70.8 Å². The van der Waals surface area contributed by atoms with Gasteiger partial charge in [-0.2, -0.15) is 5.26 Å². The molecule has 1 aromatic heterocycles. The lowest BCUT2D eigenvalue weighted by Gasteiger charge is -2.45. The van der Waals surface area contributed by atoms with Crippen LogP contribution in [0.25, 0.3) is 10.9 Å². The number of likely N-dealkylation sites (tertiary alicyclic amines) is 1. The summed E-state index contributed by atoms with van der Waals surface area (Å²) in [5, 5.41) is 13.1. The lowest BCUT2D eigenvalue weighted by molar-refractivity contribution is -0.120. The van der Waals surface area contributed by atoms with Crippen molar-refractivity contribution in [2.75, 3.05) is 25.9 Å². The predicted octanol–water partition coefficient (Wildman–Crippen LogP) is 5.12. The van der Waals surface area contributed by atoms with Crippen LogP contribution in [0.5, 0.6) is 0 Å². The van der Waals surface area contributed by atoms with Crippen LogP contribution in [0.3, 0.4) is 0 Å². The molecule has 0 bridgehead atoms. The number of amides is 2. The first-order chi connectivity index (χ1) is 18.3. The fraction of sp³-hybridized carbons (Fsp3) is 0.533. The number of aliphatic imine (C=N–C) groups is 1. The van der Waals surface area contributed by atoms with Gasteiger partial charge in [0.15, 0.2) is 0 Å². The normalized spacial score (nSPS) is 25.3. The summed E-state index contributed by atoms with van der Waals surface area (Å²) >= 11 is 1.53. The molecule has 8 heteroatoms. The number of carbonyl (C=O) groups excluding carboxylic acids is 2. The van der Waals surface area contributed by atoms with Gasteiger partial charge in [0, 0.05) is 58.9 Å². The maximum absolute atomic E-state index is 13.6. The number of benzene rings is 1. The summed E-state index contributed by atoms with van der Waals surface area (Å²) in [6.45, 7) is 8.25. The molecule has 1 N–H and O–H groups in total. The molecule has 7 nitrogen and oxygen atoms in total. The molecule has 2 atom stereocenters. The van der Waals surface area contributed by atoms with Crippen molar-refractivity contribution in [3.05, 3.63) is 46.5 Å². The molecule has 2 aliphatic heterocycles. The first-order valence-electron chi connectivity index (χ1n) is 13.7. The molecule has 3 heterocycles. The third-order valence-corrected chi connectivity index (χ3v) is 9.68. The van der Waals surface area contributed by atoms with Crippen molar-refractivity contribution < 1.29 is 9.59 Å². The molecule has 5 rings (SSSR count). The average Bonchev–Trinajstić information content (AvgIpc) is 3.18. The number of thioether (sulfide) groups is 1. The first kappa shape index (κ1) is 26.7. The number of nitriles is 1. The summed E-state index contributed by atoms with van der Waals surface area (Å²) in [6, 6.07) is 11.4. The van der Waals surface area contributed by atoms with Crippen LogP contribution in [0.15, 0.2) is 40.2 Å². The summed E-state index contributed by atoms with van der Waals surface area (Å²) < 4.78 is 2.36. The molecule has 1 saturated heterocycles. The van der Waals surface area contributed by atoms with E-state index in [1.165, 1.54) is 24.6 Å². The molecule has 2 amide bonds. The average molecular weight is 532 g/mol. The van der Waals surface area contributed by atoms with Gasteiger partial charge in [0.05, 0.1) is 23.5 Å². The number of dihydropyridines is 1. The van der Waals surface area contributed by atoms with Crippen molar-refractivity contribution in [1.82, 2.24) is 14.8 Å². The van der Waals surface area contributed by atoms with Crippen molar-refractivity contribution in [2.45, 2.75) is 58.5 Å². The van der Waals surface area contributed by atoms with Crippen molar-refractivity contribution in [2.24, 2.45) is 22.7 Å². The molecule has 1 aliphatic carbocycles. The molecule has 3 aliphatic rings. The Balaban J connectivity index is 1.32. The van der Waals surface area contributed by atoms with Gasteiger partial charge in [0.25, 0.3) is 11.8 Å². The number of allylic oxidation sites excluding steroid dienone is 1. The maximum atomic E-state index is 13.6. The molecule has 0 spiro atoms. The molecule has 200 valence electrons. The summed E-state index contributed by atoms with van der Waals surface area (Å²) in [6.07, 6.45) is 8.52. The van der Waals surface area contributed by atoms with E-state index in [-0.39, 0.29) is 30.3 Å². The molecule has 1 saturated carbocycles. The number of hydrogen-bond donors (Lipinski definition) is 1. The van der Waals surface area contributed by atoms with Crippen molar-refractivity contribution in [1.29, 1.82) is 5.26 Å². The summed E-state index contributed by atoms with van der Waals surface area (Å²) in [5.74, 6) is -0.0196. The smallest absolute Gasteiger partial charge is 0.255 e. The Morgan fingerprint density at radius 1 is 1.21 bits per heavy atom. The van der Waals surface area contributed by atoms with E-state index in [0.717, 1.165) is 47.4 Å². The maximum Gasteiger partial charge on any atom is 0.255 e. The minimum atomic E-state index is -0.435. The predicted molar refractivity (Wildman–Crippen MR) is 153 cm³/mol. The topological polar surface area (TPSA) is 90.5 Å². The Morgan fingerprint density at radius 2 is 1.92 bits per heavy atom. The standard InChI is InChI=1S/C30H37N5O2S/c1-18-13-27(38-4)25(29(36)33-18)15-32-30(37)28-20(3)35(26-8-6-5-7-24(26)28)19(2)22-9-11-23(12-10-22)34-16-21(14-31)17-34/h5-8,13,19,21-23,25H,9-12,15-17H2,1-4H3,(H,32,37)/t19-,22?,23?,25?/m1/s1. The fourth-order valence-electron chi connectivity index (χ4n) is 6.64. The molecule has 2 fully saturated rings. The summed E-state index contributed by atoms with van der Waals surface area (Å²) in [4.78, 5) is 33.7. The van der Waals surface area contributed by atoms with Crippen molar-refractivity contribution in [3.63, 3.8) is 0 Å². The minimum Gasteiger partial charge on any atom is -0.351 e. The quantitative estimate of drug-likeness (QED) is 0.536. The fourth-order valence-corrected chi connectivity index (χ4v) is 7.40. The van der Waals surface area contributed by atoms with Gasteiger partial charge >= 0.3 is 0 Å². The van der Waals surface area contributed by atoms with Crippen LogP contribution >= 0.6 is 11.8 Å². The van der Waals surface area contributed by atoms with Gasteiger partial charge in [0.2, 0.25) is 0 Å². The second-order valence-corrected chi connectivity index (χ2v) is 11.9. The van der Waals surface area contributed by atoms with E-state index in [1.807, 2.05) is 44.4 Å². The Hall–Kier alpha value is -2.89. The number of hydrogen-bond acceptors (Lipinski definition) is 5. The van der Waals surface area contributed by atoms with Gasteiger partial charge in [-0.3, -0.25) is 14.5 Å². The monoisotopic (exact) mass is 531 g/mol. The van der Waals surface area contributed by atoms with Crippen LogP contribution in [-0.4, -0.2) is 58.9 Å². The zero-order chi connectivity index (χ0) is 27.0. The Kier molecular flexibility index (Phi) is 7.78. The minimum absolute atomic E-state index is 0.141. The zero-order valence-electron chi connectivity index (χ0n) is 22.7. The van der Waals surface area contributed by atoms with Gasteiger partial charge < -0.3 is 9.88 Å². The van der Waals surface area contributed by atoms with E-state index < -0.39 is 5.92 Å². The number of aromatic nitrogens is 1. The van der Waals surface area contributed by atoms with Crippen LogP contribution in [0.1, 0.15) is 61.6 Å². The number of fused-ring (bicyclic) bond motifs is 1. The van der Waals surface area contributed by atoms with Crippen molar-refractivity contribution >= 4 is 40.2 Å². The van der Waals surface area contributed by atoms with Crippen LogP contribution in [-0.2, 0) is 4.79 Å². The van der Waals surface area contributed by atoms with Crippen LogP contribution < -0.4 is 5.32 Å². The molecule has 38 heavy (non-hydrogen) atoms. The van der Waals surface area contributed by atoms with Gasteiger partial charge in [-0.25, -0.2) is 4.99 Å². The SMILES string of the molecule is CSC1=CC(C)=NC(=O)C1CNC(=O)c1c(C)n([C@H](C)C2CCC(N3CC(C#N)C3)CC2)c2ccccc12. The van der Waals surface area contributed by atoms with Gasteiger partial charge in [-0.1, -0.05) is 18.2 Å². The van der Waals surface area contributed by atoms with Gasteiger partial charge in [-0.15, -0.1) is 11.8 Å². The van der Waals surface area contributed by atoms with E-state index in [1.54, 1.807) is 0 Å². The van der Waals surface area contributed by atoms with E-state index in [2.05, 4.69) is 38.8 Å². The molecule has 0 radical (unpaired) electrons. The molecular weight excluding hydrogens is 494 g/mol. The largest absolute Gasteiger partial charge is 0.351 e. The Labute approximate surface area is 229 Å². The second kappa shape index (κ2) is 11.1. The summed E-state index contributed by atoms with van der Waals surface area (Å²) in [7, 11) is 0. The number of para-hydroxylation sites is 1. The zero-order valence-corrected chi connectivity index (χ0v) is 23.6. The third-order valence-electron chi connectivity index (χ3n) is 8.80.